The van der Waals surface area contributed by atoms with E-state index in [4.69, 9.17) is 10.5 Å². The van der Waals surface area contributed by atoms with Crippen LogP contribution in [0.3, 0.4) is 0 Å². The lowest BCUT2D eigenvalue weighted by atomic mass is 10.0. The second-order valence-corrected chi connectivity index (χ2v) is 5.24. The Morgan fingerprint density at radius 3 is 2.75 bits per heavy atom. The average Bonchev–Trinajstić information content (AvgIpc) is 2.86. The number of carbonyl (C=O) groups excluding carboxylic acids is 1. The van der Waals surface area contributed by atoms with E-state index in [9.17, 15) is 9.90 Å². The van der Waals surface area contributed by atoms with Gasteiger partial charge in [0.05, 0.1) is 12.6 Å². The van der Waals surface area contributed by atoms with E-state index in [0.29, 0.717) is 24.8 Å². The van der Waals surface area contributed by atoms with E-state index in [0.717, 1.165) is 12.0 Å². The maximum atomic E-state index is 12.1. The molecule has 1 aliphatic rings. The fourth-order valence-electron chi connectivity index (χ4n) is 2.55. The number of ether oxygens (including phenoxy) is 1. The number of carbonyl (C=O) groups is 1. The van der Waals surface area contributed by atoms with Gasteiger partial charge in [0.1, 0.15) is 5.75 Å². The first-order chi connectivity index (χ1) is 9.65. The van der Waals surface area contributed by atoms with Gasteiger partial charge in [-0.25, -0.2) is 0 Å². The largest absolute Gasteiger partial charge is 0.484 e. The molecule has 0 radical (unpaired) electrons. The summed E-state index contributed by atoms with van der Waals surface area (Å²) < 4.78 is 5.49. The van der Waals surface area contributed by atoms with Crippen molar-refractivity contribution in [3.63, 3.8) is 0 Å². The predicted molar refractivity (Wildman–Crippen MR) is 76.2 cm³/mol. The molecule has 0 aliphatic carbocycles. The van der Waals surface area contributed by atoms with Crippen LogP contribution in [0, 0.1) is 5.92 Å². The van der Waals surface area contributed by atoms with Crippen molar-refractivity contribution in [3.05, 3.63) is 29.8 Å². The van der Waals surface area contributed by atoms with E-state index in [1.54, 1.807) is 4.90 Å². The summed E-state index contributed by atoms with van der Waals surface area (Å²) in [6, 6.07) is 7.31. The molecule has 0 aromatic heterocycles. The Balaban J connectivity index is 1.88. The molecule has 2 unspecified atom stereocenters. The quantitative estimate of drug-likeness (QED) is 0.833. The summed E-state index contributed by atoms with van der Waals surface area (Å²) >= 11 is 0. The second-order valence-electron chi connectivity index (χ2n) is 5.24. The van der Waals surface area contributed by atoms with Gasteiger partial charge in [-0.1, -0.05) is 19.1 Å². The van der Waals surface area contributed by atoms with Gasteiger partial charge < -0.3 is 20.5 Å². The Morgan fingerprint density at radius 1 is 1.45 bits per heavy atom. The number of aliphatic hydroxyl groups excluding tert-OH is 1. The molecule has 3 N–H and O–H groups in total. The zero-order valence-electron chi connectivity index (χ0n) is 11.8. The maximum absolute atomic E-state index is 12.1. The molecule has 110 valence electrons. The van der Waals surface area contributed by atoms with E-state index in [2.05, 4.69) is 6.92 Å². The van der Waals surface area contributed by atoms with Crippen LogP contribution in [0.2, 0.25) is 0 Å². The van der Waals surface area contributed by atoms with Gasteiger partial charge in [0.15, 0.2) is 6.61 Å². The van der Waals surface area contributed by atoms with Crippen molar-refractivity contribution in [1.82, 2.24) is 4.90 Å². The Kier molecular flexibility index (Phi) is 4.98. The third-order valence-corrected chi connectivity index (χ3v) is 3.91. The van der Waals surface area contributed by atoms with Crippen molar-refractivity contribution < 1.29 is 14.6 Å². The summed E-state index contributed by atoms with van der Waals surface area (Å²) in [5.74, 6) is 0.924. The lowest BCUT2D eigenvalue weighted by molar-refractivity contribution is -0.135. The molecule has 1 amide bonds. The first kappa shape index (κ1) is 14.8. The SMILES string of the molecule is CC1CCN(C(=O)COc2ccc(CN)cc2)C1CO. The highest BCUT2D eigenvalue weighted by Crippen LogP contribution is 2.23. The third kappa shape index (κ3) is 3.29. The van der Waals surface area contributed by atoms with Crippen LogP contribution in [-0.2, 0) is 11.3 Å². The number of nitrogens with two attached hydrogens (primary N) is 1. The smallest absolute Gasteiger partial charge is 0.260 e. The number of rotatable bonds is 5. The van der Waals surface area contributed by atoms with Crippen molar-refractivity contribution in [2.75, 3.05) is 19.8 Å². The molecule has 1 aromatic carbocycles. The lowest BCUT2D eigenvalue weighted by Gasteiger charge is -2.25. The van der Waals surface area contributed by atoms with Crippen molar-refractivity contribution >= 4 is 5.91 Å². The van der Waals surface area contributed by atoms with Crippen LogP contribution in [0.15, 0.2) is 24.3 Å². The van der Waals surface area contributed by atoms with Crippen LogP contribution >= 0.6 is 0 Å². The summed E-state index contributed by atoms with van der Waals surface area (Å²) in [6.45, 7) is 3.26. The number of hydrogen-bond donors (Lipinski definition) is 2. The molecule has 1 saturated heterocycles. The minimum atomic E-state index is -0.0780. The molecule has 5 nitrogen and oxygen atoms in total. The molecule has 1 aromatic rings. The third-order valence-electron chi connectivity index (χ3n) is 3.91. The highest BCUT2D eigenvalue weighted by atomic mass is 16.5. The molecule has 1 heterocycles. The van der Waals surface area contributed by atoms with Crippen LogP contribution in [0.1, 0.15) is 18.9 Å². The molecular formula is C15H22N2O3. The topological polar surface area (TPSA) is 75.8 Å². The van der Waals surface area contributed by atoms with Crippen molar-refractivity contribution in [2.24, 2.45) is 11.7 Å². The highest BCUT2D eigenvalue weighted by molar-refractivity contribution is 5.78. The first-order valence-corrected chi connectivity index (χ1v) is 6.98. The first-order valence-electron chi connectivity index (χ1n) is 6.98. The Labute approximate surface area is 119 Å². The van der Waals surface area contributed by atoms with Crippen molar-refractivity contribution in [1.29, 1.82) is 0 Å². The lowest BCUT2D eigenvalue weighted by Crippen LogP contribution is -2.42. The van der Waals surface area contributed by atoms with Gasteiger partial charge in [-0.15, -0.1) is 0 Å². The van der Waals surface area contributed by atoms with Gasteiger partial charge in [0.25, 0.3) is 5.91 Å². The van der Waals surface area contributed by atoms with E-state index in [-0.39, 0.29) is 25.2 Å². The van der Waals surface area contributed by atoms with E-state index in [1.165, 1.54) is 0 Å². The van der Waals surface area contributed by atoms with E-state index >= 15 is 0 Å². The van der Waals surface area contributed by atoms with Crippen molar-refractivity contribution in [3.8, 4) is 5.75 Å². The van der Waals surface area contributed by atoms with Crippen LogP contribution in [0.25, 0.3) is 0 Å². The summed E-state index contributed by atoms with van der Waals surface area (Å²) in [7, 11) is 0. The number of nitrogens with zero attached hydrogens (tertiary/aromatic N) is 1. The van der Waals surface area contributed by atoms with Gasteiger partial charge in [-0.3, -0.25) is 4.79 Å². The van der Waals surface area contributed by atoms with Crippen LogP contribution < -0.4 is 10.5 Å². The number of benzene rings is 1. The van der Waals surface area contributed by atoms with Gasteiger partial charge >= 0.3 is 0 Å². The van der Waals surface area contributed by atoms with E-state index < -0.39 is 0 Å². The predicted octanol–water partition coefficient (Wildman–Crippen LogP) is 0.753. The summed E-state index contributed by atoms with van der Waals surface area (Å²) in [5.41, 5.74) is 6.55. The van der Waals surface area contributed by atoms with Crippen LogP contribution in [0.4, 0.5) is 0 Å². The number of amides is 1. The van der Waals surface area contributed by atoms with Crippen LogP contribution in [0.5, 0.6) is 5.75 Å². The molecular weight excluding hydrogens is 256 g/mol. The molecule has 20 heavy (non-hydrogen) atoms. The zero-order valence-corrected chi connectivity index (χ0v) is 11.8. The van der Waals surface area contributed by atoms with Crippen molar-refractivity contribution in [2.45, 2.75) is 25.9 Å². The monoisotopic (exact) mass is 278 g/mol. The molecule has 0 saturated carbocycles. The fraction of sp³-hybridized carbons (Fsp3) is 0.533. The van der Waals surface area contributed by atoms with Crippen LogP contribution in [-0.4, -0.2) is 41.7 Å². The highest BCUT2D eigenvalue weighted by Gasteiger charge is 2.33. The molecule has 5 heteroatoms. The van der Waals surface area contributed by atoms with Gasteiger partial charge in [0, 0.05) is 13.1 Å². The minimum Gasteiger partial charge on any atom is -0.484 e. The number of likely N-dealkylation sites (tertiary alicyclic amines) is 1. The standard InChI is InChI=1S/C15H22N2O3/c1-11-6-7-17(14(11)9-18)15(19)10-20-13-4-2-12(8-16)3-5-13/h2-5,11,14,18H,6-10,16H2,1H3. The average molecular weight is 278 g/mol. The molecule has 2 rings (SSSR count). The fourth-order valence-corrected chi connectivity index (χ4v) is 2.55. The molecule has 0 spiro atoms. The Bertz CT molecular complexity index is 447. The summed E-state index contributed by atoms with van der Waals surface area (Å²) in [5, 5.41) is 9.35. The van der Waals surface area contributed by atoms with Gasteiger partial charge in [-0.2, -0.15) is 0 Å². The Morgan fingerprint density at radius 2 is 2.15 bits per heavy atom. The Hall–Kier alpha value is -1.59. The zero-order chi connectivity index (χ0) is 14.5. The molecule has 2 atom stereocenters. The normalized spacial score (nSPS) is 22.1. The number of hydrogen-bond acceptors (Lipinski definition) is 4. The molecule has 1 fully saturated rings. The summed E-state index contributed by atoms with van der Waals surface area (Å²) in [6.07, 6.45) is 0.933. The molecule has 0 bridgehead atoms. The minimum absolute atomic E-state index is 0.00515. The maximum Gasteiger partial charge on any atom is 0.260 e. The second kappa shape index (κ2) is 6.72. The van der Waals surface area contributed by atoms with Gasteiger partial charge in [0.2, 0.25) is 0 Å². The molecule has 1 aliphatic heterocycles. The van der Waals surface area contributed by atoms with E-state index in [1.807, 2.05) is 24.3 Å². The van der Waals surface area contributed by atoms with Gasteiger partial charge in [-0.05, 0) is 30.0 Å². The summed E-state index contributed by atoms with van der Waals surface area (Å²) in [4.78, 5) is 13.8. The number of aliphatic hydroxyl groups is 1.